The molecule has 0 aromatic heterocycles. The van der Waals surface area contributed by atoms with Gasteiger partial charge in [0.05, 0.1) is 11.4 Å². The number of rotatable bonds is 4. The van der Waals surface area contributed by atoms with Gasteiger partial charge >= 0.3 is 0 Å². The van der Waals surface area contributed by atoms with Crippen LogP contribution in [0.15, 0.2) is 162 Å². The largest absolute Gasteiger partial charge is 0.309 e. The molecular weight excluding hydrogens is 634 g/mol. The van der Waals surface area contributed by atoms with Gasteiger partial charge in [-0.15, -0.1) is 0 Å². The number of hydrogen-bond acceptors (Lipinski definition) is 1. The van der Waals surface area contributed by atoms with Crippen LogP contribution in [0.1, 0.15) is 25.0 Å². The van der Waals surface area contributed by atoms with Gasteiger partial charge in [-0.2, -0.15) is 0 Å². The van der Waals surface area contributed by atoms with Gasteiger partial charge in [0.1, 0.15) is 0 Å². The van der Waals surface area contributed by atoms with Gasteiger partial charge in [0, 0.05) is 26.3 Å². The van der Waals surface area contributed by atoms with E-state index in [9.17, 15) is 0 Å². The number of halogens is 1. The first kappa shape index (κ1) is 28.1. The van der Waals surface area contributed by atoms with Crippen LogP contribution in [0.4, 0.5) is 17.1 Å². The molecule has 1 aliphatic carbocycles. The van der Waals surface area contributed by atoms with E-state index < -0.39 is 0 Å². The summed E-state index contributed by atoms with van der Waals surface area (Å²) in [6.45, 7) is 4.72. The van der Waals surface area contributed by atoms with E-state index in [1.54, 1.807) is 0 Å². The van der Waals surface area contributed by atoms with Gasteiger partial charge in [0.25, 0.3) is 0 Å². The van der Waals surface area contributed by atoms with Crippen molar-refractivity contribution in [3.05, 3.63) is 173 Å². The van der Waals surface area contributed by atoms with Gasteiger partial charge in [0.15, 0.2) is 0 Å². The third kappa shape index (κ3) is 4.36. The lowest BCUT2D eigenvalue weighted by atomic mass is 9.82. The number of nitrogens with zero attached hydrogens (tertiary/aromatic N) is 1. The van der Waals surface area contributed by atoms with Crippen LogP contribution in [0.25, 0.3) is 54.6 Å². The molecule has 0 bridgehead atoms. The molecule has 0 fully saturated rings. The van der Waals surface area contributed by atoms with Gasteiger partial charge in [0.2, 0.25) is 0 Å². The van der Waals surface area contributed by atoms with Crippen molar-refractivity contribution in [2.45, 2.75) is 19.3 Å². The first-order valence-electron chi connectivity index (χ1n) is 16.2. The average molecular weight is 667 g/mol. The highest BCUT2D eigenvalue weighted by atomic mass is 79.9. The summed E-state index contributed by atoms with van der Waals surface area (Å²) in [5, 5.41) is 7.44. The lowest BCUT2D eigenvalue weighted by Crippen LogP contribution is -2.17. The first-order valence-corrected chi connectivity index (χ1v) is 17.0. The molecule has 47 heavy (non-hydrogen) atoms. The minimum absolute atomic E-state index is 0.105. The maximum atomic E-state index is 3.62. The quantitative estimate of drug-likeness (QED) is 0.169. The number of hydrogen-bond donors (Lipinski definition) is 0. The fourth-order valence-electron chi connectivity index (χ4n) is 7.82. The standard InChI is InChI=1S/C45H32BrN/c1-45(2)41-18-10-9-15-37(41)38-24-23-32(28-42(38)45)47(44-27-30-11-3-4-12-33(30)35-13-6-8-17-40(35)44)43-26-25-34(29-19-21-31(46)22-20-29)36-14-5-7-16-39(36)43/h3-28H,1-2H3. The minimum atomic E-state index is -0.105. The van der Waals surface area contributed by atoms with Gasteiger partial charge < -0.3 is 4.90 Å². The highest BCUT2D eigenvalue weighted by Crippen LogP contribution is 2.52. The van der Waals surface area contributed by atoms with Crippen LogP contribution in [0.5, 0.6) is 0 Å². The Morgan fingerprint density at radius 2 is 1.04 bits per heavy atom. The molecule has 224 valence electrons. The summed E-state index contributed by atoms with van der Waals surface area (Å²) in [6.07, 6.45) is 0. The third-order valence-corrected chi connectivity index (χ3v) is 10.6. The SMILES string of the molecule is CC1(C)c2ccccc2-c2ccc(N(c3ccc(-c4ccc(Br)cc4)c4ccccc34)c3cc4ccccc4c4ccccc34)cc21. The lowest BCUT2D eigenvalue weighted by molar-refractivity contribution is 0.660. The highest BCUT2D eigenvalue weighted by molar-refractivity contribution is 9.10. The Balaban J connectivity index is 1.35. The van der Waals surface area contributed by atoms with E-state index in [0.29, 0.717) is 0 Å². The Bertz CT molecular complexity index is 2510. The summed E-state index contributed by atoms with van der Waals surface area (Å²) in [7, 11) is 0. The van der Waals surface area contributed by atoms with Gasteiger partial charge in [-0.3, -0.25) is 0 Å². The van der Waals surface area contributed by atoms with E-state index >= 15 is 0 Å². The Labute approximate surface area is 283 Å². The molecule has 0 atom stereocenters. The van der Waals surface area contributed by atoms with Crippen molar-refractivity contribution in [1.29, 1.82) is 0 Å². The number of benzene rings is 8. The normalized spacial score (nSPS) is 13.2. The van der Waals surface area contributed by atoms with Crippen molar-refractivity contribution in [2.24, 2.45) is 0 Å². The second kappa shape index (κ2) is 10.7. The van der Waals surface area contributed by atoms with E-state index in [4.69, 9.17) is 0 Å². The van der Waals surface area contributed by atoms with Crippen LogP contribution in [0.2, 0.25) is 0 Å². The minimum Gasteiger partial charge on any atom is -0.309 e. The zero-order valence-corrected chi connectivity index (χ0v) is 27.9. The second-order valence-electron chi connectivity index (χ2n) is 13.1. The molecule has 0 saturated heterocycles. The maximum Gasteiger partial charge on any atom is 0.0546 e. The molecule has 1 aliphatic rings. The van der Waals surface area contributed by atoms with Crippen molar-refractivity contribution in [1.82, 2.24) is 0 Å². The van der Waals surface area contributed by atoms with Crippen molar-refractivity contribution < 1.29 is 0 Å². The van der Waals surface area contributed by atoms with Crippen LogP contribution < -0.4 is 4.90 Å². The molecule has 0 heterocycles. The Morgan fingerprint density at radius 1 is 0.447 bits per heavy atom. The van der Waals surface area contributed by atoms with E-state index in [1.165, 1.54) is 71.4 Å². The summed E-state index contributed by atoms with van der Waals surface area (Å²) >= 11 is 3.62. The van der Waals surface area contributed by atoms with Crippen molar-refractivity contribution in [3.8, 4) is 22.3 Å². The van der Waals surface area contributed by atoms with E-state index in [2.05, 4.69) is 192 Å². The average Bonchev–Trinajstić information content (AvgIpc) is 3.34. The zero-order valence-electron chi connectivity index (χ0n) is 26.3. The molecule has 0 aliphatic heterocycles. The van der Waals surface area contributed by atoms with Crippen LogP contribution in [-0.4, -0.2) is 0 Å². The summed E-state index contributed by atoms with van der Waals surface area (Å²) in [5.74, 6) is 0. The topological polar surface area (TPSA) is 3.24 Å². The van der Waals surface area contributed by atoms with E-state index in [1.807, 2.05) is 0 Å². The summed E-state index contributed by atoms with van der Waals surface area (Å²) < 4.78 is 1.08. The van der Waals surface area contributed by atoms with Crippen LogP contribution in [0, 0.1) is 0 Å². The summed E-state index contributed by atoms with van der Waals surface area (Å²) in [6, 6.07) is 58.1. The maximum absolute atomic E-state index is 3.62. The molecular formula is C45H32BrN. The van der Waals surface area contributed by atoms with Crippen molar-refractivity contribution >= 4 is 65.3 Å². The molecule has 0 spiro atoms. The van der Waals surface area contributed by atoms with Gasteiger partial charge in [-0.25, -0.2) is 0 Å². The molecule has 2 heteroatoms. The van der Waals surface area contributed by atoms with Gasteiger partial charge in [-0.05, 0) is 91.3 Å². The zero-order chi connectivity index (χ0) is 31.7. The van der Waals surface area contributed by atoms with E-state index in [0.717, 1.165) is 15.8 Å². The molecule has 8 aromatic rings. The first-order chi connectivity index (χ1) is 23.0. The molecule has 1 nitrogen and oxygen atoms in total. The second-order valence-corrected chi connectivity index (χ2v) is 14.0. The van der Waals surface area contributed by atoms with E-state index in [-0.39, 0.29) is 5.41 Å². The highest BCUT2D eigenvalue weighted by Gasteiger charge is 2.36. The molecule has 0 amide bonds. The van der Waals surface area contributed by atoms with Gasteiger partial charge in [-0.1, -0.05) is 151 Å². The molecule has 8 aromatic carbocycles. The third-order valence-electron chi connectivity index (χ3n) is 10.1. The summed E-state index contributed by atoms with van der Waals surface area (Å²) in [5.41, 5.74) is 11.2. The number of fused-ring (bicyclic) bond motifs is 7. The molecule has 0 unspecified atom stereocenters. The predicted octanol–water partition coefficient (Wildman–Crippen LogP) is 13.4. The van der Waals surface area contributed by atoms with Crippen LogP contribution in [-0.2, 0) is 5.41 Å². The summed E-state index contributed by atoms with van der Waals surface area (Å²) in [4.78, 5) is 2.50. The van der Waals surface area contributed by atoms with Crippen molar-refractivity contribution in [3.63, 3.8) is 0 Å². The Kier molecular flexibility index (Phi) is 6.38. The smallest absolute Gasteiger partial charge is 0.0546 e. The molecule has 0 saturated carbocycles. The Hall–Kier alpha value is -5.18. The molecule has 0 N–H and O–H groups in total. The fourth-order valence-corrected chi connectivity index (χ4v) is 8.08. The number of anilines is 3. The van der Waals surface area contributed by atoms with Crippen LogP contribution >= 0.6 is 15.9 Å². The Morgan fingerprint density at radius 3 is 1.83 bits per heavy atom. The lowest BCUT2D eigenvalue weighted by Gasteiger charge is -2.31. The monoisotopic (exact) mass is 665 g/mol. The molecule has 9 rings (SSSR count). The van der Waals surface area contributed by atoms with Crippen LogP contribution in [0.3, 0.4) is 0 Å². The van der Waals surface area contributed by atoms with Crippen molar-refractivity contribution in [2.75, 3.05) is 4.90 Å². The molecule has 0 radical (unpaired) electrons. The fraction of sp³-hybridized carbons (Fsp3) is 0.0667. The predicted molar refractivity (Wildman–Crippen MR) is 204 cm³/mol.